The van der Waals surface area contributed by atoms with Crippen molar-refractivity contribution in [1.82, 2.24) is 4.90 Å². The minimum absolute atomic E-state index is 0.247. The fourth-order valence-electron chi connectivity index (χ4n) is 1.24. The SMILES string of the molecule is N#CCN(CC#N)CCOc1ccc(Br)cc1. The van der Waals surface area contributed by atoms with Gasteiger partial charge in [0.1, 0.15) is 12.4 Å². The Bertz CT molecular complexity index is 403. The Morgan fingerprint density at radius 2 is 1.71 bits per heavy atom. The molecule has 0 amide bonds. The van der Waals surface area contributed by atoms with E-state index < -0.39 is 0 Å². The highest BCUT2D eigenvalue weighted by Crippen LogP contribution is 2.15. The van der Waals surface area contributed by atoms with Crippen LogP contribution in [0.1, 0.15) is 0 Å². The van der Waals surface area contributed by atoms with Crippen molar-refractivity contribution < 1.29 is 4.74 Å². The second-order valence-corrected chi connectivity index (χ2v) is 4.24. The van der Waals surface area contributed by atoms with E-state index in [1.807, 2.05) is 36.4 Å². The molecule has 0 radical (unpaired) electrons. The first-order valence-electron chi connectivity index (χ1n) is 5.11. The van der Waals surface area contributed by atoms with Crippen LogP contribution >= 0.6 is 15.9 Å². The number of hydrogen-bond donors (Lipinski definition) is 0. The number of nitriles is 2. The number of hydrogen-bond acceptors (Lipinski definition) is 4. The topological polar surface area (TPSA) is 60.0 Å². The van der Waals surface area contributed by atoms with Gasteiger partial charge < -0.3 is 4.74 Å². The van der Waals surface area contributed by atoms with Gasteiger partial charge in [-0.2, -0.15) is 10.5 Å². The molecule has 0 fully saturated rings. The van der Waals surface area contributed by atoms with Crippen LogP contribution in [-0.2, 0) is 0 Å². The molecule has 0 unspecified atom stereocenters. The van der Waals surface area contributed by atoms with Gasteiger partial charge in [0.2, 0.25) is 0 Å². The van der Waals surface area contributed by atoms with E-state index in [1.165, 1.54) is 0 Å². The number of ether oxygens (including phenoxy) is 1. The van der Waals surface area contributed by atoms with E-state index in [0.717, 1.165) is 10.2 Å². The molecular formula is C12H12BrN3O. The van der Waals surface area contributed by atoms with Crippen LogP contribution in [0.15, 0.2) is 28.7 Å². The minimum Gasteiger partial charge on any atom is -0.492 e. The summed E-state index contributed by atoms with van der Waals surface area (Å²) in [6.07, 6.45) is 0. The number of halogens is 1. The maximum Gasteiger partial charge on any atom is 0.119 e. The van der Waals surface area contributed by atoms with Gasteiger partial charge >= 0.3 is 0 Å². The summed E-state index contributed by atoms with van der Waals surface area (Å²) in [5.41, 5.74) is 0. The molecule has 0 heterocycles. The molecular weight excluding hydrogens is 282 g/mol. The zero-order chi connectivity index (χ0) is 12.5. The first kappa shape index (κ1) is 13.5. The molecule has 0 atom stereocenters. The molecule has 0 spiro atoms. The Hall–Kier alpha value is -1.56. The van der Waals surface area contributed by atoms with E-state index in [9.17, 15) is 0 Å². The quantitative estimate of drug-likeness (QED) is 0.754. The molecule has 1 rings (SSSR count). The highest BCUT2D eigenvalue weighted by atomic mass is 79.9. The lowest BCUT2D eigenvalue weighted by Gasteiger charge is -2.15. The van der Waals surface area contributed by atoms with Crippen molar-refractivity contribution in [3.63, 3.8) is 0 Å². The van der Waals surface area contributed by atoms with Crippen molar-refractivity contribution in [3.05, 3.63) is 28.7 Å². The zero-order valence-corrected chi connectivity index (χ0v) is 10.9. The van der Waals surface area contributed by atoms with Crippen molar-refractivity contribution in [2.45, 2.75) is 0 Å². The van der Waals surface area contributed by atoms with Crippen LogP contribution < -0.4 is 4.74 Å². The smallest absolute Gasteiger partial charge is 0.119 e. The molecule has 1 aromatic carbocycles. The van der Waals surface area contributed by atoms with Crippen LogP contribution in [0.4, 0.5) is 0 Å². The molecule has 1 aromatic rings. The molecule has 0 aliphatic rings. The molecule has 0 aromatic heterocycles. The van der Waals surface area contributed by atoms with Crippen LogP contribution in [0, 0.1) is 22.7 Å². The Labute approximate surface area is 109 Å². The van der Waals surface area contributed by atoms with E-state index in [1.54, 1.807) is 4.90 Å². The van der Waals surface area contributed by atoms with Gasteiger partial charge in [0.15, 0.2) is 0 Å². The Morgan fingerprint density at radius 1 is 1.12 bits per heavy atom. The second kappa shape index (κ2) is 7.67. The highest BCUT2D eigenvalue weighted by molar-refractivity contribution is 9.10. The predicted octanol–water partition coefficient (Wildman–Crippen LogP) is 2.18. The summed E-state index contributed by atoms with van der Waals surface area (Å²) in [5, 5.41) is 17.1. The van der Waals surface area contributed by atoms with Crippen molar-refractivity contribution >= 4 is 15.9 Å². The average molecular weight is 294 g/mol. The fourth-order valence-corrected chi connectivity index (χ4v) is 1.50. The monoisotopic (exact) mass is 293 g/mol. The number of benzene rings is 1. The second-order valence-electron chi connectivity index (χ2n) is 3.33. The molecule has 0 aliphatic carbocycles. The van der Waals surface area contributed by atoms with Crippen LogP contribution in [0.3, 0.4) is 0 Å². The molecule has 0 saturated heterocycles. The third-order valence-electron chi connectivity index (χ3n) is 2.08. The summed E-state index contributed by atoms with van der Waals surface area (Å²) in [6.45, 7) is 1.52. The zero-order valence-electron chi connectivity index (χ0n) is 9.27. The molecule has 0 N–H and O–H groups in total. The average Bonchev–Trinajstić information content (AvgIpc) is 2.32. The standard InChI is InChI=1S/C12H12BrN3O/c13-11-1-3-12(4-2-11)17-10-9-16(7-5-14)8-6-15/h1-4H,7-10H2. The summed E-state index contributed by atoms with van der Waals surface area (Å²) in [7, 11) is 0. The largest absolute Gasteiger partial charge is 0.492 e. The van der Waals surface area contributed by atoms with Crippen molar-refractivity contribution in [2.24, 2.45) is 0 Å². The van der Waals surface area contributed by atoms with Gasteiger partial charge in [0.25, 0.3) is 0 Å². The van der Waals surface area contributed by atoms with Crippen molar-refractivity contribution in [2.75, 3.05) is 26.2 Å². The van der Waals surface area contributed by atoms with Gasteiger partial charge in [-0.3, -0.25) is 4.90 Å². The van der Waals surface area contributed by atoms with Crippen LogP contribution in [0.2, 0.25) is 0 Å². The molecule has 4 nitrogen and oxygen atoms in total. The highest BCUT2D eigenvalue weighted by Gasteiger charge is 2.03. The van der Waals surface area contributed by atoms with Crippen LogP contribution in [0.5, 0.6) is 5.75 Å². The molecule has 0 aliphatic heterocycles. The normalized spacial score (nSPS) is 9.65. The van der Waals surface area contributed by atoms with Gasteiger partial charge in [-0.25, -0.2) is 0 Å². The lowest BCUT2D eigenvalue weighted by molar-refractivity contribution is 0.239. The maximum absolute atomic E-state index is 8.56. The van der Waals surface area contributed by atoms with E-state index >= 15 is 0 Å². The third-order valence-corrected chi connectivity index (χ3v) is 2.61. The van der Waals surface area contributed by atoms with Gasteiger partial charge in [0, 0.05) is 11.0 Å². The molecule has 0 bridgehead atoms. The maximum atomic E-state index is 8.56. The summed E-state index contributed by atoms with van der Waals surface area (Å²) in [6, 6.07) is 11.6. The van der Waals surface area contributed by atoms with E-state index in [2.05, 4.69) is 15.9 Å². The Balaban J connectivity index is 2.33. The molecule has 88 valence electrons. The van der Waals surface area contributed by atoms with Crippen molar-refractivity contribution in [1.29, 1.82) is 10.5 Å². The van der Waals surface area contributed by atoms with E-state index in [-0.39, 0.29) is 13.1 Å². The van der Waals surface area contributed by atoms with E-state index in [0.29, 0.717) is 13.2 Å². The summed E-state index contributed by atoms with van der Waals surface area (Å²) < 4.78 is 6.50. The van der Waals surface area contributed by atoms with Gasteiger partial charge in [0.05, 0.1) is 25.2 Å². The van der Waals surface area contributed by atoms with Gasteiger partial charge in [-0.1, -0.05) is 15.9 Å². The van der Waals surface area contributed by atoms with Crippen LogP contribution in [0.25, 0.3) is 0 Å². The Morgan fingerprint density at radius 3 is 2.24 bits per heavy atom. The molecule has 0 saturated carbocycles. The third kappa shape index (κ3) is 5.35. The van der Waals surface area contributed by atoms with E-state index in [4.69, 9.17) is 15.3 Å². The predicted molar refractivity (Wildman–Crippen MR) is 67.3 cm³/mol. The summed E-state index contributed by atoms with van der Waals surface area (Å²) >= 11 is 3.34. The van der Waals surface area contributed by atoms with Gasteiger partial charge in [-0.05, 0) is 24.3 Å². The lowest BCUT2D eigenvalue weighted by atomic mass is 10.3. The number of nitrogens with zero attached hydrogens (tertiary/aromatic N) is 3. The van der Waals surface area contributed by atoms with Crippen LogP contribution in [-0.4, -0.2) is 31.1 Å². The lowest BCUT2D eigenvalue weighted by Crippen LogP contribution is -2.29. The first-order chi connectivity index (χ1) is 8.26. The summed E-state index contributed by atoms with van der Waals surface area (Å²) in [4.78, 5) is 1.73. The number of rotatable bonds is 6. The molecule has 5 heteroatoms. The minimum atomic E-state index is 0.247. The first-order valence-corrected chi connectivity index (χ1v) is 5.90. The Kier molecular flexibility index (Phi) is 6.09. The molecule has 17 heavy (non-hydrogen) atoms. The summed E-state index contributed by atoms with van der Waals surface area (Å²) in [5.74, 6) is 0.780. The fraction of sp³-hybridized carbons (Fsp3) is 0.333. The van der Waals surface area contributed by atoms with Crippen molar-refractivity contribution in [3.8, 4) is 17.9 Å². The van der Waals surface area contributed by atoms with Gasteiger partial charge in [-0.15, -0.1) is 0 Å².